The van der Waals surface area contributed by atoms with E-state index in [0.717, 1.165) is 5.56 Å². The Balaban J connectivity index is 3.12. The molecule has 0 aromatic heterocycles. The third kappa shape index (κ3) is 2.45. The van der Waals surface area contributed by atoms with Gasteiger partial charge in [0.1, 0.15) is 5.57 Å². The van der Waals surface area contributed by atoms with Gasteiger partial charge in [-0.25, -0.2) is 4.79 Å². The first-order chi connectivity index (χ1) is 7.57. The summed E-state index contributed by atoms with van der Waals surface area (Å²) < 4.78 is 0. The second-order valence-electron chi connectivity index (χ2n) is 3.26. The largest absolute Gasteiger partial charge is 0.478 e. The van der Waals surface area contributed by atoms with Crippen molar-refractivity contribution in [3.05, 3.63) is 60.2 Å². The maximum atomic E-state index is 11.8. The number of hydrogen-bond donors (Lipinski definition) is 1. The molecule has 0 radical (unpaired) electrons. The Morgan fingerprint density at radius 2 is 1.94 bits per heavy atom. The monoisotopic (exact) mass is 216 g/mol. The summed E-state index contributed by atoms with van der Waals surface area (Å²) in [6.07, 6.45) is 2.18. The van der Waals surface area contributed by atoms with Crippen LogP contribution in [0.3, 0.4) is 0 Å². The van der Waals surface area contributed by atoms with Gasteiger partial charge in [0.05, 0.1) is 0 Å². The molecule has 0 bridgehead atoms. The minimum absolute atomic E-state index is 0.370. The van der Waals surface area contributed by atoms with Crippen LogP contribution in [0, 0.1) is 0 Å². The van der Waals surface area contributed by atoms with E-state index in [1.807, 2.05) is 0 Å². The van der Waals surface area contributed by atoms with Crippen molar-refractivity contribution in [3.8, 4) is 0 Å². The summed E-state index contributed by atoms with van der Waals surface area (Å²) in [4.78, 5) is 22.4. The Bertz CT molecular complexity index is 458. The zero-order chi connectivity index (χ0) is 12.1. The molecule has 3 heteroatoms. The smallest absolute Gasteiger partial charge is 0.339 e. The lowest BCUT2D eigenvalue weighted by atomic mass is 9.97. The van der Waals surface area contributed by atoms with Crippen molar-refractivity contribution in [3.63, 3.8) is 0 Å². The van der Waals surface area contributed by atoms with E-state index in [4.69, 9.17) is 5.11 Å². The number of allylic oxidation sites excluding steroid dienone is 1. The number of carbonyl (C=O) groups is 2. The molecule has 0 spiro atoms. The van der Waals surface area contributed by atoms with Gasteiger partial charge in [-0.2, -0.15) is 0 Å². The Morgan fingerprint density at radius 1 is 1.31 bits per heavy atom. The van der Waals surface area contributed by atoms with Gasteiger partial charge in [-0.05, 0) is 12.0 Å². The zero-order valence-electron chi connectivity index (χ0n) is 8.77. The maximum Gasteiger partial charge on any atom is 0.339 e. The number of carbonyl (C=O) groups excluding carboxylic acids is 1. The summed E-state index contributed by atoms with van der Waals surface area (Å²) in [5.74, 6) is -1.84. The Kier molecular flexibility index (Phi) is 3.78. The molecular formula is C13H12O3. The molecule has 0 aliphatic heterocycles. The molecule has 1 N–H and O–H groups in total. The van der Waals surface area contributed by atoms with Crippen LogP contribution < -0.4 is 0 Å². The number of ketones is 1. The van der Waals surface area contributed by atoms with Gasteiger partial charge >= 0.3 is 5.97 Å². The average Bonchev–Trinajstić information content (AvgIpc) is 2.28. The van der Waals surface area contributed by atoms with Crippen molar-refractivity contribution in [1.29, 1.82) is 0 Å². The van der Waals surface area contributed by atoms with Gasteiger partial charge < -0.3 is 5.11 Å². The lowest BCUT2D eigenvalue weighted by molar-refractivity contribution is -0.132. The van der Waals surface area contributed by atoms with Gasteiger partial charge in [-0.3, -0.25) is 4.79 Å². The van der Waals surface area contributed by atoms with Crippen molar-refractivity contribution in [2.75, 3.05) is 0 Å². The number of rotatable bonds is 5. The normalized spacial score (nSPS) is 9.50. The minimum atomic E-state index is -1.29. The molecule has 0 aliphatic carbocycles. The van der Waals surface area contributed by atoms with E-state index in [2.05, 4.69) is 13.2 Å². The summed E-state index contributed by atoms with van der Waals surface area (Å²) in [5, 5.41) is 8.69. The summed E-state index contributed by atoms with van der Waals surface area (Å²) >= 11 is 0. The van der Waals surface area contributed by atoms with Crippen LogP contribution in [0.15, 0.2) is 49.1 Å². The maximum absolute atomic E-state index is 11.8. The van der Waals surface area contributed by atoms with E-state index in [-0.39, 0.29) is 0 Å². The number of benzene rings is 1. The number of carboxylic acids is 1. The Hall–Kier alpha value is -2.16. The molecule has 0 amide bonds. The van der Waals surface area contributed by atoms with E-state index in [9.17, 15) is 9.59 Å². The molecule has 1 rings (SSSR count). The number of Topliss-reactive ketones (excluding diaryl/α,β-unsaturated/α-hetero) is 1. The molecule has 0 saturated heterocycles. The summed E-state index contributed by atoms with van der Waals surface area (Å²) in [6.45, 7) is 6.84. The topological polar surface area (TPSA) is 54.4 Å². The first-order valence-electron chi connectivity index (χ1n) is 4.73. The van der Waals surface area contributed by atoms with Gasteiger partial charge in [0.25, 0.3) is 0 Å². The SMILES string of the molecule is C=CCc1ccccc1C(=O)C(=C)C(=O)O. The van der Waals surface area contributed by atoms with Crippen molar-refractivity contribution in [1.82, 2.24) is 0 Å². The predicted molar refractivity (Wildman–Crippen MR) is 61.4 cm³/mol. The van der Waals surface area contributed by atoms with E-state index in [1.54, 1.807) is 30.3 Å². The van der Waals surface area contributed by atoms with Gasteiger partial charge in [0.2, 0.25) is 0 Å². The van der Waals surface area contributed by atoms with Crippen molar-refractivity contribution < 1.29 is 14.7 Å². The lowest BCUT2D eigenvalue weighted by Gasteiger charge is -2.06. The highest BCUT2D eigenvalue weighted by Crippen LogP contribution is 2.14. The molecule has 1 aromatic rings. The summed E-state index contributed by atoms with van der Waals surface area (Å²) in [5.41, 5.74) is 0.705. The van der Waals surface area contributed by atoms with Crippen LogP contribution in [0.1, 0.15) is 15.9 Å². The van der Waals surface area contributed by atoms with Crippen LogP contribution in [-0.2, 0) is 11.2 Å². The van der Waals surface area contributed by atoms with E-state index < -0.39 is 17.3 Å². The first kappa shape index (κ1) is 11.9. The van der Waals surface area contributed by atoms with Crippen molar-refractivity contribution in [2.24, 2.45) is 0 Å². The molecule has 0 heterocycles. The molecule has 0 atom stereocenters. The van der Waals surface area contributed by atoms with Crippen LogP contribution in [0.2, 0.25) is 0 Å². The highest BCUT2D eigenvalue weighted by atomic mass is 16.4. The molecule has 0 fully saturated rings. The summed E-state index contributed by atoms with van der Waals surface area (Å²) in [6, 6.07) is 6.84. The molecule has 82 valence electrons. The van der Waals surface area contributed by atoms with Crippen LogP contribution in [0.25, 0.3) is 0 Å². The molecule has 16 heavy (non-hydrogen) atoms. The fraction of sp³-hybridized carbons (Fsp3) is 0.0769. The molecule has 1 aromatic carbocycles. The Morgan fingerprint density at radius 3 is 2.50 bits per heavy atom. The molecular weight excluding hydrogens is 204 g/mol. The van der Waals surface area contributed by atoms with Gasteiger partial charge in [0.15, 0.2) is 5.78 Å². The fourth-order valence-corrected chi connectivity index (χ4v) is 1.34. The van der Waals surface area contributed by atoms with E-state index in [1.165, 1.54) is 0 Å². The molecule has 0 saturated carbocycles. The first-order valence-corrected chi connectivity index (χ1v) is 4.73. The Labute approximate surface area is 93.7 Å². The third-order valence-electron chi connectivity index (χ3n) is 2.16. The van der Waals surface area contributed by atoms with Gasteiger partial charge in [0, 0.05) is 5.56 Å². The van der Waals surface area contributed by atoms with Crippen LogP contribution >= 0.6 is 0 Å². The average molecular weight is 216 g/mol. The van der Waals surface area contributed by atoms with Crippen molar-refractivity contribution in [2.45, 2.75) is 6.42 Å². The third-order valence-corrected chi connectivity index (χ3v) is 2.16. The standard InChI is InChI=1S/C13H12O3/c1-3-6-10-7-4-5-8-11(10)12(14)9(2)13(15)16/h3-5,7-8H,1-2,6H2,(H,15,16). The quantitative estimate of drug-likeness (QED) is 0.270. The lowest BCUT2D eigenvalue weighted by Crippen LogP contribution is -2.13. The highest BCUT2D eigenvalue weighted by molar-refractivity contribution is 6.23. The number of carboxylic acid groups (broad SMARTS) is 1. The number of aliphatic carboxylic acids is 1. The highest BCUT2D eigenvalue weighted by Gasteiger charge is 2.18. The van der Waals surface area contributed by atoms with Gasteiger partial charge in [-0.1, -0.05) is 36.9 Å². The van der Waals surface area contributed by atoms with Crippen molar-refractivity contribution >= 4 is 11.8 Å². The predicted octanol–water partition coefficient (Wildman–Crippen LogP) is 2.24. The van der Waals surface area contributed by atoms with Crippen LogP contribution in [-0.4, -0.2) is 16.9 Å². The minimum Gasteiger partial charge on any atom is -0.478 e. The van der Waals surface area contributed by atoms with Gasteiger partial charge in [-0.15, -0.1) is 6.58 Å². The van der Waals surface area contributed by atoms with Crippen LogP contribution in [0.4, 0.5) is 0 Å². The molecule has 0 unspecified atom stereocenters. The fourth-order valence-electron chi connectivity index (χ4n) is 1.34. The second-order valence-corrected chi connectivity index (χ2v) is 3.26. The second kappa shape index (κ2) is 5.07. The van der Waals surface area contributed by atoms with Crippen LogP contribution in [0.5, 0.6) is 0 Å². The van der Waals surface area contributed by atoms with E-state index >= 15 is 0 Å². The zero-order valence-corrected chi connectivity index (χ0v) is 8.77. The summed E-state index contributed by atoms with van der Waals surface area (Å²) in [7, 11) is 0. The number of hydrogen-bond acceptors (Lipinski definition) is 2. The molecule has 3 nitrogen and oxygen atoms in total. The van der Waals surface area contributed by atoms with E-state index in [0.29, 0.717) is 12.0 Å². The molecule has 0 aliphatic rings.